The van der Waals surface area contributed by atoms with Gasteiger partial charge in [0.05, 0.1) is 7.11 Å². The number of carbonyl (C=O) groups is 1. The van der Waals surface area contributed by atoms with Gasteiger partial charge < -0.3 is 9.84 Å². The molecule has 1 aromatic carbocycles. The van der Waals surface area contributed by atoms with E-state index in [1.165, 1.54) is 19.2 Å². The van der Waals surface area contributed by atoms with Gasteiger partial charge in [0.15, 0.2) is 11.6 Å². The van der Waals surface area contributed by atoms with Gasteiger partial charge in [0.1, 0.15) is 6.04 Å². The van der Waals surface area contributed by atoms with E-state index in [0.29, 0.717) is 24.6 Å². The van der Waals surface area contributed by atoms with Crippen molar-refractivity contribution < 1.29 is 19.0 Å². The van der Waals surface area contributed by atoms with Gasteiger partial charge in [-0.1, -0.05) is 6.07 Å². The van der Waals surface area contributed by atoms with Gasteiger partial charge in [0.2, 0.25) is 0 Å². The van der Waals surface area contributed by atoms with Crippen molar-refractivity contribution in [2.45, 2.75) is 25.4 Å². The van der Waals surface area contributed by atoms with Gasteiger partial charge in [-0.3, -0.25) is 14.4 Å². The number of ether oxygens (including phenoxy) is 1. The summed E-state index contributed by atoms with van der Waals surface area (Å²) >= 11 is 0. The molecule has 0 aliphatic carbocycles. The molecule has 0 bridgehead atoms. The third kappa shape index (κ3) is 3.99. The second-order valence-electron chi connectivity index (χ2n) is 6.34. The van der Waals surface area contributed by atoms with E-state index in [9.17, 15) is 14.3 Å². The molecule has 1 fully saturated rings. The molecule has 1 saturated heterocycles. The zero-order valence-corrected chi connectivity index (χ0v) is 14.1. The van der Waals surface area contributed by atoms with Gasteiger partial charge in [0.25, 0.3) is 0 Å². The highest BCUT2D eigenvalue weighted by molar-refractivity contribution is 5.75. The summed E-state index contributed by atoms with van der Waals surface area (Å²) in [6, 6.07) is 5.41. The van der Waals surface area contributed by atoms with E-state index in [-0.39, 0.29) is 5.75 Å². The number of carboxylic acids is 1. The summed E-state index contributed by atoms with van der Waals surface area (Å²) in [6.45, 7) is 2.17. The maximum Gasteiger partial charge on any atom is 0.325 e. The first-order valence-corrected chi connectivity index (χ1v) is 8.36. The number of benzene rings is 1. The number of methoxy groups -OCH3 is 1. The Morgan fingerprint density at radius 3 is 2.76 bits per heavy atom. The molecule has 25 heavy (non-hydrogen) atoms. The topological polar surface area (TPSA) is 67.6 Å². The van der Waals surface area contributed by atoms with E-state index in [1.54, 1.807) is 12.3 Å². The molecule has 1 N–H and O–H groups in total. The average Bonchev–Trinajstić information content (AvgIpc) is 3.09. The van der Waals surface area contributed by atoms with E-state index in [0.717, 1.165) is 19.4 Å². The lowest BCUT2D eigenvalue weighted by atomic mass is 9.94. The van der Waals surface area contributed by atoms with Crippen molar-refractivity contribution >= 4 is 5.97 Å². The van der Waals surface area contributed by atoms with Crippen molar-refractivity contribution in [3.05, 3.63) is 48.0 Å². The summed E-state index contributed by atoms with van der Waals surface area (Å²) in [5.41, 5.74) is 0.441. The Morgan fingerprint density at radius 2 is 2.20 bits per heavy atom. The first-order chi connectivity index (χ1) is 12.1. The number of nitrogens with zero attached hydrogens (tertiary/aromatic N) is 3. The lowest BCUT2D eigenvalue weighted by Crippen LogP contribution is -2.41. The summed E-state index contributed by atoms with van der Waals surface area (Å²) < 4.78 is 20.8. The number of hydrogen-bond donors (Lipinski definition) is 1. The number of hydrogen-bond acceptors (Lipinski definition) is 4. The third-order valence-corrected chi connectivity index (χ3v) is 4.74. The molecular weight excluding hydrogens is 325 g/mol. The monoisotopic (exact) mass is 347 g/mol. The van der Waals surface area contributed by atoms with Crippen LogP contribution in [0, 0.1) is 11.7 Å². The number of aliphatic carboxylic acids is 1. The molecule has 0 saturated carbocycles. The van der Waals surface area contributed by atoms with Crippen LogP contribution in [-0.2, 0) is 11.3 Å². The van der Waals surface area contributed by atoms with Crippen LogP contribution in [0.1, 0.15) is 24.4 Å². The van der Waals surface area contributed by atoms with Gasteiger partial charge in [-0.15, -0.1) is 0 Å². The Kier molecular flexibility index (Phi) is 5.33. The Balaban J connectivity index is 1.68. The number of halogens is 1. The Bertz CT molecular complexity index is 712. The smallest absolute Gasteiger partial charge is 0.325 e. The highest BCUT2D eigenvalue weighted by Crippen LogP contribution is 2.30. The van der Waals surface area contributed by atoms with Gasteiger partial charge in [0, 0.05) is 18.9 Å². The predicted molar refractivity (Wildman–Crippen MR) is 89.9 cm³/mol. The summed E-state index contributed by atoms with van der Waals surface area (Å²) in [5.74, 6) is -0.918. The summed E-state index contributed by atoms with van der Waals surface area (Å²) in [5, 5.41) is 13.9. The van der Waals surface area contributed by atoms with Gasteiger partial charge in [-0.25, -0.2) is 4.39 Å². The van der Waals surface area contributed by atoms with Crippen LogP contribution in [0.15, 0.2) is 36.7 Å². The van der Waals surface area contributed by atoms with Gasteiger partial charge >= 0.3 is 5.97 Å². The van der Waals surface area contributed by atoms with Crippen LogP contribution in [0.2, 0.25) is 0 Å². The number of likely N-dealkylation sites (tertiary alicyclic amines) is 1. The second-order valence-corrected chi connectivity index (χ2v) is 6.34. The van der Waals surface area contributed by atoms with E-state index < -0.39 is 17.8 Å². The van der Waals surface area contributed by atoms with Crippen LogP contribution >= 0.6 is 0 Å². The average molecular weight is 347 g/mol. The molecule has 2 aromatic rings. The zero-order chi connectivity index (χ0) is 17.8. The first-order valence-electron chi connectivity index (χ1n) is 8.36. The first kappa shape index (κ1) is 17.4. The van der Waals surface area contributed by atoms with Crippen LogP contribution in [0.3, 0.4) is 0 Å². The predicted octanol–water partition coefficient (Wildman–Crippen LogP) is 2.57. The molecule has 1 aliphatic rings. The third-order valence-electron chi connectivity index (χ3n) is 4.74. The molecule has 0 spiro atoms. The molecule has 134 valence electrons. The summed E-state index contributed by atoms with van der Waals surface area (Å²) in [7, 11) is 1.39. The molecule has 1 aromatic heterocycles. The highest BCUT2D eigenvalue weighted by atomic mass is 19.1. The number of aromatic nitrogens is 2. The molecule has 1 atom stereocenters. The fraction of sp³-hybridized carbons (Fsp3) is 0.444. The molecule has 3 rings (SSSR count). The van der Waals surface area contributed by atoms with Crippen LogP contribution in [-0.4, -0.2) is 46.0 Å². The van der Waals surface area contributed by atoms with Gasteiger partial charge in [-0.2, -0.15) is 5.10 Å². The SMILES string of the molecule is COc1ccc([C@@H](C(=O)O)N2CCC(Cn3cccn3)CC2)cc1F. The lowest BCUT2D eigenvalue weighted by molar-refractivity contribution is -0.144. The molecule has 7 heteroatoms. The second kappa shape index (κ2) is 7.65. The Labute approximate surface area is 145 Å². The van der Waals surface area contributed by atoms with E-state index >= 15 is 0 Å². The minimum atomic E-state index is -0.963. The molecule has 2 heterocycles. The zero-order valence-electron chi connectivity index (χ0n) is 14.1. The van der Waals surface area contributed by atoms with Crippen LogP contribution in [0.25, 0.3) is 0 Å². The van der Waals surface area contributed by atoms with Gasteiger partial charge in [-0.05, 0) is 55.6 Å². The number of carboxylic acid groups (broad SMARTS) is 1. The molecular formula is C18H22FN3O3. The molecule has 0 radical (unpaired) electrons. The standard InChI is InChI=1S/C18H22FN3O3/c1-25-16-4-3-14(11-15(16)19)17(18(23)24)21-9-5-13(6-10-21)12-22-8-2-7-20-22/h2-4,7-8,11,13,17H,5-6,9-10,12H2,1H3,(H,23,24)/t17-/m0/s1. The maximum absolute atomic E-state index is 14.0. The Morgan fingerprint density at radius 1 is 1.44 bits per heavy atom. The van der Waals surface area contributed by atoms with Crippen molar-refractivity contribution in [1.29, 1.82) is 0 Å². The quantitative estimate of drug-likeness (QED) is 0.870. The maximum atomic E-state index is 14.0. The molecule has 0 unspecified atom stereocenters. The number of piperidine rings is 1. The van der Waals surface area contributed by atoms with Crippen molar-refractivity contribution in [3.8, 4) is 5.75 Å². The molecule has 6 nitrogen and oxygen atoms in total. The Hall–Kier alpha value is -2.41. The minimum Gasteiger partial charge on any atom is -0.494 e. The summed E-state index contributed by atoms with van der Waals surface area (Å²) in [6.07, 6.45) is 5.48. The van der Waals surface area contributed by atoms with Crippen molar-refractivity contribution in [2.24, 2.45) is 5.92 Å². The minimum absolute atomic E-state index is 0.116. The fourth-order valence-electron chi connectivity index (χ4n) is 3.43. The van der Waals surface area contributed by atoms with E-state index in [1.807, 2.05) is 21.8 Å². The van der Waals surface area contributed by atoms with E-state index in [4.69, 9.17) is 4.74 Å². The van der Waals surface area contributed by atoms with Crippen LogP contribution in [0.5, 0.6) is 5.75 Å². The van der Waals surface area contributed by atoms with Crippen molar-refractivity contribution in [1.82, 2.24) is 14.7 Å². The molecule has 1 aliphatic heterocycles. The highest BCUT2D eigenvalue weighted by Gasteiger charge is 2.31. The largest absolute Gasteiger partial charge is 0.494 e. The lowest BCUT2D eigenvalue weighted by Gasteiger charge is -2.35. The molecule has 0 amide bonds. The van der Waals surface area contributed by atoms with Crippen LogP contribution < -0.4 is 4.74 Å². The van der Waals surface area contributed by atoms with Crippen LogP contribution in [0.4, 0.5) is 4.39 Å². The normalized spacial score (nSPS) is 17.4. The summed E-state index contributed by atoms with van der Waals surface area (Å²) in [4.78, 5) is 13.7. The number of rotatable bonds is 6. The van der Waals surface area contributed by atoms with E-state index in [2.05, 4.69) is 5.10 Å². The van der Waals surface area contributed by atoms with Crippen molar-refractivity contribution in [2.75, 3.05) is 20.2 Å². The fourth-order valence-corrected chi connectivity index (χ4v) is 3.43. The van der Waals surface area contributed by atoms with Crippen molar-refractivity contribution in [3.63, 3.8) is 0 Å².